The van der Waals surface area contributed by atoms with Gasteiger partial charge in [-0.1, -0.05) is 23.3 Å². The number of carbonyl (C=O) groups excluding carboxylic acids is 4. The number of hydrogen-bond donors (Lipinski definition) is 0. The monoisotopic (exact) mass is 384 g/mol. The Morgan fingerprint density at radius 3 is 2.33 bits per heavy atom. The van der Waals surface area contributed by atoms with Crippen molar-refractivity contribution in [3.05, 3.63) is 57.8 Å². The maximum atomic E-state index is 12.7. The summed E-state index contributed by atoms with van der Waals surface area (Å²) in [5.74, 6) is -2.35. The first-order valence-electron chi connectivity index (χ1n) is 8.62. The van der Waals surface area contributed by atoms with Gasteiger partial charge in [-0.3, -0.25) is 14.4 Å². The van der Waals surface area contributed by atoms with Crippen molar-refractivity contribution in [2.45, 2.75) is 25.3 Å². The number of hydrogen-bond acceptors (Lipinski definition) is 6. The number of fused-ring (bicyclic) bond motifs is 1. The molecule has 1 aromatic carbocycles. The van der Waals surface area contributed by atoms with Gasteiger partial charge in [-0.05, 0) is 42.8 Å². The summed E-state index contributed by atoms with van der Waals surface area (Å²) in [5.41, 5.74) is 0.399. The SMILES string of the molecule is O=C(ON1C(=O)c2ccccc2C1=O)C1CCCCN1C(=O)c1cccs1. The summed E-state index contributed by atoms with van der Waals surface area (Å²) >= 11 is 1.30. The summed E-state index contributed by atoms with van der Waals surface area (Å²) in [5, 5.41) is 2.29. The highest BCUT2D eigenvalue weighted by Crippen LogP contribution is 2.26. The molecule has 8 heteroatoms. The lowest BCUT2D eigenvalue weighted by Crippen LogP contribution is -2.50. The van der Waals surface area contributed by atoms with Crippen molar-refractivity contribution < 1.29 is 24.0 Å². The van der Waals surface area contributed by atoms with Crippen LogP contribution >= 0.6 is 11.3 Å². The minimum Gasteiger partial charge on any atom is -0.327 e. The van der Waals surface area contributed by atoms with Crippen LogP contribution in [0.2, 0.25) is 0 Å². The molecule has 1 saturated heterocycles. The summed E-state index contributed by atoms with van der Waals surface area (Å²) in [6, 6.07) is 8.95. The Labute approximate surface area is 159 Å². The highest BCUT2D eigenvalue weighted by molar-refractivity contribution is 7.12. The van der Waals surface area contributed by atoms with Crippen molar-refractivity contribution in [3.63, 3.8) is 0 Å². The summed E-state index contributed by atoms with van der Waals surface area (Å²) in [6.07, 6.45) is 1.98. The van der Waals surface area contributed by atoms with Crippen LogP contribution in [0.1, 0.15) is 49.7 Å². The highest BCUT2D eigenvalue weighted by atomic mass is 32.1. The molecule has 0 saturated carbocycles. The molecule has 7 nitrogen and oxygen atoms in total. The van der Waals surface area contributed by atoms with Gasteiger partial charge < -0.3 is 9.74 Å². The van der Waals surface area contributed by atoms with Crippen LogP contribution in [0.5, 0.6) is 0 Å². The number of benzene rings is 1. The zero-order chi connectivity index (χ0) is 19.0. The number of imide groups is 1. The fourth-order valence-corrected chi connectivity index (χ4v) is 4.04. The quantitative estimate of drug-likeness (QED) is 0.759. The van der Waals surface area contributed by atoms with Crippen molar-refractivity contribution in [1.29, 1.82) is 0 Å². The molecule has 0 spiro atoms. The largest absolute Gasteiger partial charge is 0.355 e. The van der Waals surface area contributed by atoms with Crippen LogP contribution in [0.3, 0.4) is 0 Å². The van der Waals surface area contributed by atoms with E-state index in [0.717, 1.165) is 12.8 Å². The predicted octanol–water partition coefficient (Wildman–Crippen LogP) is 2.50. The first-order valence-corrected chi connectivity index (χ1v) is 9.50. The number of nitrogens with zero attached hydrogens (tertiary/aromatic N) is 2. The maximum absolute atomic E-state index is 12.7. The lowest BCUT2D eigenvalue weighted by atomic mass is 10.0. The molecular formula is C19H16N2O5S. The van der Waals surface area contributed by atoms with Crippen LogP contribution in [0, 0.1) is 0 Å². The summed E-state index contributed by atoms with van der Waals surface area (Å²) in [7, 11) is 0. The molecule has 2 aromatic rings. The molecule has 0 radical (unpaired) electrons. The third-order valence-electron chi connectivity index (χ3n) is 4.71. The second-order valence-electron chi connectivity index (χ2n) is 6.35. The van der Waals surface area contributed by atoms with Gasteiger partial charge in [0.05, 0.1) is 16.0 Å². The number of hydroxylamine groups is 2. The fourth-order valence-electron chi connectivity index (χ4n) is 3.36. The first kappa shape index (κ1) is 17.4. The normalized spacial score (nSPS) is 19.2. The zero-order valence-corrected chi connectivity index (χ0v) is 15.1. The van der Waals surface area contributed by atoms with E-state index in [1.165, 1.54) is 28.4 Å². The van der Waals surface area contributed by atoms with Gasteiger partial charge in [0, 0.05) is 6.54 Å². The number of carbonyl (C=O) groups is 4. The summed E-state index contributed by atoms with van der Waals surface area (Å²) in [6.45, 7) is 0.429. The maximum Gasteiger partial charge on any atom is 0.355 e. The van der Waals surface area contributed by atoms with Gasteiger partial charge in [-0.15, -0.1) is 11.3 Å². The molecule has 0 bridgehead atoms. The van der Waals surface area contributed by atoms with E-state index in [0.29, 0.717) is 22.9 Å². The van der Waals surface area contributed by atoms with E-state index in [1.54, 1.807) is 29.6 Å². The number of thiophene rings is 1. The number of likely N-dealkylation sites (tertiary alicyclic amines) is 1. The zero-order valence-electron chi connectivity index (χ0n) is 14.3. The van der Waals surface area contributed by atoms with E-state index in [2.05, 4.69) is 0 Å². The third-order valence-corrected chi connectivity index (χ3v) is 5.56. The second-order valence-corrected chi connectivity index (χ2v) is 7.30. The van der Waals surface area contributed by atoms with E-state index < -0.39 is 23.8 Å². The van der Waals surface area contributed by atoms with E-state index in [1.807, 2.05) is 0 Å². The van der Waals surface area contributed by atoms with Gasteiger partial charge in [0.2, 0.25) is 0 Å². The fraction of sp³-hybridized carbons (Fsp3) is 0.263. The van der Waals surface area contributed by atoms with Crippen molar-refractivity contribution in [2.24, 2.45) is 0 Å². The van der Waals surface area contributed by atoms with Gasteiger partial charge in [0.15, 0.2) is 0 Å². The van der Waals surface area contributed by atoms with Crippen molar-refractivity contribution >= 4 is 35.0 Å². The van der Waals surface area contributed by atoms with Gasteiger partial charge in [-0.25, -0.2) is 4.79 Å². The third kappa shape index (κ3) is 3.02. The lowest BCUT2D eigenvalue weighted by molar-refractivity contribution is -0.175. The van der Waals surface area contributed by atoms with Gasteiger partial charge >= 0.3 is 5.97 Å². The average molecular weight is 384 g/mol. The molecule has 2 aliphatic heterocycles. The summed E-state index contributed by atoms with van der Waals surface area (Å²) < 4.78 is 0. The van der Waals surface area contributed by atoms with Crippen LogP contribution in [-0.4, -0.2) is 46.2 Å². The smallest absolute Gasteiger partial charge is 0.327 e. The van der Waals surface area contributed by atoms with Crippen molar-refractivity contribution in [1.82, 2.24) is 9.96 Å². The van der Waals surface area contributed by atoms with Gasteiger partial charge in [0.1, 0.15) is 6.04 Å². The Kier molecular flexibility index (Phi) is 4.49. The van der Waals surface area contributed by atoms with E-state index >= 15 is 0 Å². The minimum atomic E-state index is -0.822. The predicted molar refractivity (Wildman–Crippen MR) is 96.0 cm³/mol. The number of rotatable bonds is 3. The van der Waals surface area contributed by atoms with Crippen LogP contribution in [0.15, 0.2) is 41.8 Å². The molecule has 3 amide bonds. The molecule has 1 unspecified atom stereocenters. The van der Waals surface area contributed by atoms with Crippen LogP contribution < -0.4 is 0 Å². The van der Waals surface area contributed by atoms with Crippen molar-refractivity contribution in [2.75, 3.05) is 6.54 Å². The molecular weight excluding hydrogens is 368 g/mol. The Bertz CT molecular complexity index is 889. The van der Waals surface area contributed by atoms with E-state index in [4.69, 9.17) is 4.84 Å². The molecule has 0 N–H and O–H groups in total. The van der Waals surface area contributed by atoms with Crippen LogP contribution in [-0.2, 0) is 9.63 Å². The molecule has 1 atom stereocenters. The molecule has 138 valence electrons. The number of amides is 3. The molecule has 3 heterocycles. The van der Waals surface area contributed by atoms with Gasteiger partial charge in [0.25, 0.3) is 17.7 Å². The Morgan fingerprint density at radius 2 is 1.70 bits per heavy atom. The Morgan fingerprint density at radius 1 is 1.00 bits per heavy atom. The Hall–Kier alpha value is -3.00. The minimum absolute atomic E-state index is 0.200. The van der Waals surface area contributed by atoms with E-state index in [9.17, 15) is 19.2 Å². The van der Waals surface area contributed by atoms with Gasteiger partial charge in [-0.2, -0.15) is 0 Å². The molecule has 2 aliphatic rings. The molecule has 1 aromatic heterocycles. The van der Waals surface area contributed by atoms with E-state index in [-0.39, 0.29) is 17.0 Å². The lowest BCUT2D eigenvalue weighted by Gasteiger charge is -2.34. The van der Waals surface area contributed by atoms with Crippen LogP contribution in [0.25, 0.3) is 0 Å². The molecule has 0 aliphatic carbocycles. The second kappa shape index (κ2) is 6.96. The average Bonchev–Trinajstić information content (AvgIpc) is 3.32. The summed E-state index contributed by atoms with van der Waals surface area (Å²) in [4.78, 5) is 57.3. The standard InChI is InChI=1S/C19H16N2O5S/c22-16-12-6-1-2-7-13(12)17(23)21(16)26-19(25)14-8-3-4-10-20(14)18(24)15-9-5-11-27-15/h1-2,5-7,9,11,14H,3-4,8,10H2. The highest BCUT2D eigenvalue weighted by Gasteiger charge is 2.42. The van der Waals surface area contributed by atoms with Crippen molar-refractivity contribution in [3.8, 4) is 0 Å². The molecule has 27 heavy (non-hydrogen) atoms. The Balaban J connectivity index is 1.53. The number of piperidine rings is 1. The first-order chi connectivity index (χ1) is 13.1. The topological polar surface area (TPSA) is 84.0 Å². The van der Waals surface area contributed by atoms with Crippen LogP contribution in [0.4, 0.5) is 0 Å². The molecule has 4 rings (SSSR count). The molecule has 1 fully saturated rings.